The number of hydrogen-bond donors (Lipinski definition) is 1. The van der Waals surface area contributed by atoms with Gasteiger partial charge in [0.1, 0.15) is 5.75 Å². The molecule has 0 saturated carbocycles. The van der Waals surface area contributed by atoms with Crippen LogP contribution in [0.5, 0.6) is 5.75 Å². The summed E-state index contributed by atoms with van der Waals surface area (Å²) >= 11 is 7.12. The fraction of sp³-hybridized carbons (Fsp3) is 0.143. The van der Waals surface area contributed by atoms with Crippen LogP contribution in [0.3, 0.4) is 0 Å². The van der Waals surface area contributed by atoms with Crippen molar-refractivity contribution >= 4 is 40.6 Å². The molecule has 0 atom stereocenters. The Labute approximate surface area is 186 Å². The predicted molar refractivity (Wildman–Crippen MR) is 121 cm³/mol. The highest BCUT2D eigenvalue weighted by Gasteiger charge is 2.14. The number of carbonyl (C=O) groups excluding carboxylic acids is 1. The monoisotopic (exact) mass is 455 g/mol. The molecule has 0 unspecified atom stereocenters. The number of amides is 1. The van der Waals surface area contributed by atoms with E-state index in [0.717, 1.165) is 5.75 Å². The van der Waals surface area contributed by atoms with Crippen LogP contribution in [0.25, 0.3) is 11.3 Å². The average Bonchev–Trinajstić information content (AvgIpc) is 3.18. The van der Waals surface area contributed by atoms with E-state index >= 15 is 0 Å². The van der Waals surface area contributed by atoms with Crippen molar-refractivity contribution in [2.24, 2.45) is 0 Å². The molecule has 10 heteroatoms. The van der Waals surface area contributed by atoms with Gasteiger partial charge in [-0.25, -0.2) is 0 Å². The van der Waals surface area contributed by atoms with Gasteiger partial charge in [0.25, 0.3) is 0 Å². The molecule has 0 bridgehead atoms. The minimum absolute atomic E-state index is 0.106. The summed E-state index contributed by atoms with van der Waals surface area (Å²) < 4.78 is 8.49. The fourth-order valence-corrected chi connectivity index (χ4v) is 3.84. The summed E-state index contributed by atoms with van der Waals surface area (Å²) in [6.07, 6.45) is 3.34. The summed E-state index contributed by atoms with van der Waals surface area (Å²) in [5, 5.41) is 11.8. The van der Waals surface area contributed by atoms with Crippen LogP contribution < -0.4 is 15.6 Å². The number of fused-ring (bicyclic) bond motifs is 1. The lowest BCUT2D eigenvalue weighted by Gasteiger charge is -2.08. The zero-order valence-corrected chi connectivity index (χ0v) is 18.1. The zero-order chi connectivity index (χ0) is 21.8. The Hall–Kier alpha value is -3.30. The Morgan fingerprint density at radius 2 is 1.97 bits per heavy atom. The molecule has 2 aromatic heterocycles. The van der Waals surface area contributed by atoms with E-state index in [1.807, 2.05) is 6.92 Å². The standard InChI is InChI=1S/C21H18ClN5O3S/c1-2-30-17-8-6-16(7-9-17)26-10-11-27-19(20(26)29)24-25-21(27)31-13-18(28)23-15-5-3-4-14(22)12-15/h3-12H,2,13H2,1H3,(H,23,28). The number of nitrogens with zero attached hydrogens (tertiary/aromatic N) is 4. The van der Waals surface area contributed by atoms with E-state index in [-0.39, 0.29) is 22.9 Å². The van der Waals surface area contributed by atoms with Gasteiger partial charge in [-0.05, 0) is 49.4 Å². The van der Waals surface area contributed by atoms with Crippen LogP contribution in [0, 0.1) is 0 Å². The molecular weight excluding hydrogens is 438 g/mol. The minimum atomic E-state index is -0.311. The normalized spacial score (nSPS) is 10.9. The Morgan fingerprint density at radius 1 is 1.16 bits per heavy atom. The molecular formula is C21H18ClN5O3S. The molecule has 0 aliphatic rings. The summed E-state index contributed by atoms with van der Waals surface area (Å²) in [5.74, 6) is 0.624. The maximum absolute atomic E-state index is 12.9. The molecule has 1 N–H and O–H groups in total. The van der Waals surface area contributed by atoms with Gasteiger partial charge in [0.05, 0.1) is 12.4 Å². The van der Waals surface area contributed by atoms with Crippen molar-refractivity contribution in [3.63, 3.8) is 0 Å². The second-order valence-corrected chi connectivity index (χ2v) is 7.80. The summed E-state index contributed by atoms with van der Waals surface area (Å²) in [6.45, 7) is 2.48. The molecule has 0 aliphatic carbocycles. The predicted octanol–water partition coefficient (Wildman–Crippen LogP) is 3.66. The van der Waals surface area contributed by atoms with Crippen molar-refractivity contribution in [2.75, 3.05) is 17.7 Å². The second-order valence-electron chi connectivity index (χ2n) is 6.42. The van der Waals surface area contributed by atoms with Crippen LogP contribution in [0.2, 0.25) is 5.02 Å². The van der Waals surface area contributed by atoms with Gasteiger partial charge in [-0.3, -0.25) is 18.6 Å². The third-order valence-electron chi connectivity index (χ3n) is 4.31. The van der Waals surface area contributed by atoms with Crippen LogP contribution in [-0.2, 0) is 4.79 Å². The molecule has 0 saturated heterocycles. The number of hydrogen-bond acceptors (Lipinski definition) is 6. The maximum Gasteiger partial charge on any atom is 0.300 e. The first-order valence-corrected chi connectivity index (χ1v) is 10.8. The van der Waals surface area contributed by atoms with Crippen LogP contribution in [0.4, 0.5) is 5.69 Å². The lowest BCUT2D eigenvalue weighted by molar-refractivity contribution is -0.113. The highest BCUT2D eigenvalue weighted by atomic mass is 35.5. The first-order valence-electron chi connectivity index (χ1n) is 9.43. The number of anilines is 1. The first-order chi connectivity index (χ1) is 15.0. The van der Waals surface area contributed by atoms with E-state index in [1.54, 1.807) is 65.3 Å². The van der Waals surface area contributed by atoms with Crippen LogP contribution in [0.1, 0.15) is 6.92 Å². The average molecular weight is 456 g/mol. The SMILES string of the molecule is CCOc1ccc(-n2ccn3c(SCC(=O)Nc4cccc(Cl)c4)nnc3c2=O)cc1. The van der Waals surface area contributed by atoms with Gasteiger partial charge >= 0.3 is 5.56 Å². The van der Waals surface area contributed by atoms with E-state index in [0.29, 0.717) is 28.2 Å². The third-order valence-corrected chi connectivity index (χ3v) is 5.48. The molecule has 2 heterocycles. The van der Waals surface area contributed by atoms with Gasteiger partial charge in [0.2, 0.25) is 11.6 Å². The van der Waals surface area contributed by atoms with Crippen LogP contribution in [-0.4, -0.2) is 37.4 Å². The summed E-state index contributed by atoms with van der Waals surface area (Å²) in [6, 6.07) is 14.1. The maximum atomic E-state index is 12.9. The number of aromatic nitrogens is 4. The molecule has 0 radical (unpaired) electrons. The lowest BCUT2D eigenvalue weighted by Crippen LogP contribution is -2.20. The largest absolute Gasteiger partial charge is 0.494 e. The van der Waals surface area contributed by atoms with E-state index in [9.17, 15) is 9.59 Å². The Balaban J connectivity index is 1.50. The van der Waals surface area contributed by atoms with Crippen molar-refractivity contribution in [2.45, 2.75) is 12.1 Å². The molecule has 0 fully saturated rings. The third kappa shape index (κ3) is 4.73. The van der Waals surface area contributed by atoms with E-state index in [1.165, 1.54) is 16.3 Å². The molecule has 0 spiro atoms. The van der Waals surface area contributed by atoms with Gasteiger partial charge in [0.15, 0.2) is 5.16 Å². The van der Waals surface area contributed by atoms with Gasteiger partial charge < -0.3 is 10.1 Å². The molecule has 1 amide bonds. The smallest absolute Gasteiger partial charge is 0.300 e. The molecule has 8 nitrogen and oxygen atoms in total. The van der Waals surface area contributed by atoms with E-state index in [4.69, 9.17) is 16.3 Å². The van der Waals surface area contributed by atoms with Crippen molar-refractivity contribution in [3.8, 4) is 11.4 Å². The summed E-state index contributed by atoms with van der Waals surface area (Å²) in [4.78, 5) is 25.1. The van der Waals surface area contributed by atoms with E-state index in [2.05, 4.69) is 15.5 Å². The Morgan fingerprint density at radius 3 is 2.71 bits per heavy atom. The van der Waals surface area contributed by atoms with Crippen LogP contribution >= 0.6 is 23.4 Å². The summed E-state index contributed by atoms with van der Waals surface area (Å²) in [7, 11) is 0. The van der Waals surface area contributed by atoms with Crippen LogP contribution in [0.15, 0.2) is 70.9 Å². The number of rotatable bonds is 7. The number of thioether (sulfide) groups is 1. The van der Waals surface area contributed by atoms with Crippen molar-refractivity contribution in [1.29, 1.82) is 0 Å². The highest BCUT2D eigenvalue weighted by molar-refractivity contribution is 7.99. The quantitative estimate of drug-likeness (QED) is 0.428. The zero-order valence-electron chi connectivity index (χ0n) is 16.5. The first kappa shape index (κ1) is 21.0. The minimum Gasteiger partial charge on any atom is -0.494 e. The number of halogens is 1. The van der Waals surface area contributed by atoms with Crippen molar-refractivity contribution in [1.82, 2.24) is 19.2 Å². The van der Waals surface area contributed by atoms with E-state index < -0.39 is 0 Å². The number of benzene rings is 2. The molecule has 31 heavy (non-hydrogen) atoms. The second kappa shape index (κ2) is 9.23. The molecule has 4 aromatic rings. The number of nitrogens with one attached hydrogen (secondary N) is 1. The van der Waals surface area contributed by atoms with Crippen molar-refractivity contribution < 1.29 is 9.53 Å². The molecule has 2 aromatic carbocycles. The highest BCUT2D eigenvalue weighted by Crippen LogP contribution is 2.19. The lowest BCUT2D eigenvalue weighted by atomic mass is 10.3. The van der Waals surface area contributed by atoms with Gasteiger partial charge in [-0.15, -0.1) is 10.2 Å². The fourth-order valence-electron chi connectivity index (χ4n) is 2.93. The Bertz CT molecular complexity index is 1290. The Kier molecular flexibility index (Phi) is 6.24. The van der Waals surface area contributed by atoms with Crippen molar-refractivity contribution in [3.05, 3.63) is 76.3 Å². The number of ether oxygens (including phenoxy) is 1. The summed E-state index contributed by atoms with van der Waals surface area (Å²) in [5.41, 5.74) is 1.17. The molecule has 158 valence electrons. The molecule has 4 rings (SSSR count). The number of carbonyl (C=O) groups is 1. The molecule has 0 aliphatic heterocycles. The van der Waals surface area contributed by atoms with Gasteiger partial charge in [0, 0.05) is 28.8 Å². The van der Waals surface area contributed by atoms with Gasteiger partial charge in [-0.1, -0.05) is 29.4 Å². The van der Waals surface area contributed by atoms with Gasteiger partial charge in [-0.2, -0.15) is 0 Å². The topological polar surface area (TPSA) is 90.5 Å².